The normalized spacial score (nSPS) is 24.9. The van der Waals surface area contributed by atoms with Crippen LogP contribution in [0.3, 0.4) is 0 Å². The van der Waals surface area contributed by atoms with E-state index in [1.807, 2.05) is 11.0 Å². The minimum absolute atomic E-state index is 0.0530. The Balaban J connectivity index is 1.76. The van der Waals surface area contributed by atoms with Crippen LogP contribution in [0.4, 0.5) is 5.69 Å². The van der Waals surface area contributed by atoms with Crippen molar-refractivity contribution in [3.05, 3.63) is 29.8 Å². The highest BCUT2D eigenvalue weighted by molar-refractivity contribution is 5.96. The Bertz CT molecular complexity index is 503. The van der Waals surface area contributed by atoms with E-state index in [1.54, 1.807) is 0 Å². The molecule has 1 fully saturated rings. The van der Waals surface area contributed by atoms with Crippen LogP contribution in [0.15, 0.2) is 24.3 Å². The van der Waals surface area contributed by atoms with Gasteiger partial charge >= 0.3 is 0 Å². The molecule has 4 heteroatoms. The van der Waals surface area contributed by atoms with Crippen molar-refractivity contribution >= 4 is 11.6 Å². The smallest absolute Gasteiger partial charge is 0.234 e. The van der Waals surface area contributed by atoms with Crippen LogP contribution in [0, 0.1) is 5.92 Å². The standard InChI is InChI=1S/C17H24N2O2/c1-2-9-18-15-12-21-11-14(15)17(20)19-10-5-7-13-6-3-4-8-16(13)19/h3-4,6,8,14-15,18H,2,5,7,9-12H2,1H3. The summed E-state index contributed by atoms with van der Waals surface area (Å²) in [4.78, 5) is 14.9. The van der Waals surface area contributed by atoms with Gasteiger partial charge in [-0.15, -0.1) is 0 Å². The van der Waals surface area contributed by atoms with E-state index in [-0.39, 0.29) is 17.9 Å². The van der Waals surface area contributed by atoms with E-state index in [2.05, 4.69) is 30.4 Å². The molecule has 1 N–H and O–H groups in total. The maximum absolute atomic E-state index is 12.9. The van der Waals surface area contributed by atoms with Crippen LogP contribution < -0.4 is 10.2 Å². The number of anilines is 1. The molecule has 2 aliphatic heterocycles. The van der Waals surface area contributed by atoms with Crippen molar-refractivity contribution in [3.63, 3.8) is 0 Å². The molecule has 2 unspecified atom stereocenters. The molecule has 2 atom stereocenters. The first-order chi connectivity index (χ1) is 10.3. The number of para-hydroxylation sites is 1. The van der Waals surface area contributed by atoms with Gasteiger partial charge in [0.15, 0.2) is 0 Å². The van der Waals surface area contributed by atoms with Crippen molar-refractivity contribution in [2.45, 2.75) is 32.2 Å². The summed E-state index contributed by atoms with van der Waals surface area (Å²) in [5, 5.41) is 3.45. The summed E-state index contributed by atoms with van der Waals surface area (Å²) in [6, 6.07) is 8.43. The van der Waals surface area contributed by atoms with Crippen LogP contribution >= 0.6 is 0 Å². The van der Waals surface area contributed by atoms with E-state index >= 15 is 0 Å². The lowest BCUT2D eigenvalue weighted by Crippen LogP contribution is -2.47. The number of ether oxygens (including phenoxy) is 1. The first kappa shape index (κ1) is 14.5. The molecule has 21 heavy (non-hydrogen) atoms. The molecule has 0 bridgehead atoms. The molecule has 1 amide bonds. The Kier molecular flexibility index (Phi) is 4.56. The van der Waals surface area contributed by atoms with E-state index in [0.29, 0.717) is 13.2 Å². The predicted molar refractivity (Wildman–Crippen MR) is 83.5 cm³/mol. The summed E-state index contributed by atoms with van der Waals surface area (Å²) in [5.74, 6) is 0.163. The van der Waals surface area contributed by atoms with Gasteiger partial charge in [0.25, 0.3) is 0 Å². The molecular weight excluding hydrogens is 264 g/mol. The second kappa shape index (κ2) is 6.58. The molecule has 114 valence electrons. The summed E-state index contributed by atoms with van der Waals surface area (Å²) >= 11 is 0. The first-order valence-corrected chi connectivity index (χ1v) is 8.01. The number of benzene rings is 1. The lowest BCUT2D eigenvalue weighted by Gasteiger charge is -2.32. The zero-order valence-corrected chi connectivity index (χ0v) is 12.7. The van der Waals surface area contributed by atoms with Crippen molar-refractivity contribution in [2.75, 3.05) is 31.2 Å². The molecule has 3 rings (SSSR count). The molecule has 2 heterocycles. The third kappa shape index (κ3) is 2.97. The third-order valence-corrected chi connectivity index (χ3v) is 4.43. The van der Waals surface area contributed by atoms with E-state index in [9.17, 15) is 4.79 Å². The van der Waals surface area contributed by atoms with Crippen LogP contribution in [0.5, 0.6) is 0 Å². The van der Waals surface area contributed by atoms with Crippen molar-refractivity contribution in [2.24, 2.45) is 5.92 Å². The van der Waals surface area contributed by atoms with Crippen LogP contribution in [-0.2, 0) is 16.0 Å². The van der Waals surface area contributed by atoms with Crippen LogP contribution in [0.1, 0.15) is 25.3 Å². The fourth-order valence-electron chi connectivity index (χ4n) is 3.29. The molecule has 1 aromatic rings. The zero-order chi connectivity index (χ0) is 14.7. The Morgan fingerprint density at radius 1 is 1.38 bits per heavy atom. The molecule has 1 aromatic carbocycles. The van der Waals surface area contributed by atoms with Crippen LogP contribution in [0.2, 0.25) is 0 Å². The molecule has 4 nitrogen and oxygen atoms in total. The van der Waals surface area contributed by atoms with Crippen molar-refractivity contribution in [1.29, 1.82) is 0 Å². The van der Waals surface area contributed by atoms with E-state index < -0.39 is 0 Å². The van der Waals surface area contributed by atoms with Crippen molar-refractivity contribution in [1.82, 2.24) is 5.32 Å². The Hall–Kier alpha value is -1.39. The fourth-order valence-corrected chi connectivity index (χ4v) is 3.29. The average molecular weight is 288 g/mol. The van der Waals surface area contributed by atoms with Gasteiger partial charge in [0.2, 0.25) is 5.91 Å². The topological polar surface area (TPSA) is 41.6 Å². The minimum Gasteiger partial charge on any atom is -0.379 e. The zero-order valence-electron chi connectivity index (χ0n) is 12.7. The molecule has 0 spiro atoms. The molecule has 2 aliphatic rings. The SMILES string of the molecule is CCCNC1COCC1C(=O)N1CCCc2ccccc21. The predicted octanol–water partition coefficient (Wildman–Crippen LogP) is 1.98. The van der Waals surface area contributed by atoms with Gasteiger partial charge in [0.1, 0.15) is 0 Å². The highest BCUT2D eigenvalue weighted by Crippen LogP contribution is 2.29. The van der Waals surface area contributed by atoms with Gasteiger partial charge < -0.3 is 15.0 Å². The number of hydrogen-bond acceptors (Lipinski definition) is 3. The molecule has 0 saturated carbocycles. The van der Waals surface area contributed by atoms with E-state index in [4.69, 9.17) is 4.74 Å². The fraction of sp³-hybridized carbons (Fsp3) is 0.588. The number of carbonyl (C=O) groups excluding carboxylic acids is 1. The number of amides is 1. The van der Waals surface area contributed by atoms with Gasteiger partial charge in [-0.25, -0.2) is 0 Å². The maximum atomic E-state index is 12.9. The van der Waals surface area contributed by atoms with Gasteiger partial charge in [0, 0.05) is 18.3 Å². The summed E-state index contributed by atoms with van der Waals surface area (Å²) < 4.78 is 5.56. The molecule has 1 saturated heterocycles. The Morgan fingerprint density at radius 2 is 2.24 bits per heavy atom. The first-order valence-electron chi connectivity index (χ1n) is 8.01. The number of fused-ring (bicyclic) bond motifs is 1. The molecule has 0 aromatic heterocycles. The van der Waals surface area contributed by atoms with E-state index in [0.717, 1.165) is 38.0 Å². The van der Waals surface area contributed by atoms with Gasteiger partial charge in [-0.1, -0.05) is 25.1 Å². The molecular formula is C17H24N2O2. The van der Waals surface area contributed by atoms with Gasteiger partial charge in [0.05, 0.1) is 19.1 Å². The highest BCUT2D eigenvalue weighted by Gasteiger charge is 2.37. The molecule has 0 aliphatic carbocycles. The Labute approximate surface area is 126 Å². The molecule has 0 radical (unpaired) electrons. The van der Waals surface area contributed by atoms with Crippen molar-refractivity contribution in [3.8, 4) is 0 Å². The largest absolute Gasteiger partial charge is 0.379 e. The number of hydrogen-bond donors (Lipinski definition) is 1. The van der Waals surface area contributed by atoms with Crippen molar-refractivity contribution < 1.29 is 9.53 Å². The minimum atomic E-state index is -0.0530. The lowest BCUT2D eigenvalue weighted by atomic mass is 9.97. The number of carbonyl (C=O) groups is 1. The van der Waals surface area contributed by atoms with E-state index in [1.165, 1.54) is 5.56 Å². The second-order valence-corrected chi connectivity index (χ2v) is 5.93. The number of nitrogens with one attached hydrogen (secondary N) is 1. The number of rotatable bonds is 4. The highest BCUT2D eigenvalue weighted by atomic mass is 16.5. The third-order valence-electron chi connectivity index (χ3n) is 4.43. The monoisotopic (exact) mass is 288 g/mol. The second-order valence-electron chi connectivity index (χ2n) is 5.93. The van der Waals surface area contributed by atoms with Crippen LogP contribution in [-0.4, -0.2) is 38.3 Å². The number of aryl methyl sites for hydroxylation is 1. The summed E-state index contributed by atoms with van der Waals surface area (Å²) in [7, 11) is 0. The van der Waals surface area contributed by atoms with Gasteiger partial charge in [-0.2, -0.15) is 0 Å². The van der Waals surface area contributed by atoms with Gasteiger partial charge in [-0.05, 0) is 37.4 Å². The van der Waals surface area contributed by atoms with Gasteiger partial charge in [-0.3, -0.25) is 4.79 Å². The quantitative estimate of drug-likeness (QED) is 0.921. The summed E-state index contributed by atoms with van der Waals surface area (Å²) in [5.41, 5.74) is 2.38. The summed E-state index contributed by atoms with van der Waals surface area (Å²) in [6.07, 6.45) is 3.19. The average Bonchev–Trinajstić information content (AvgIpc) is 3.00. The lowest BCUT2D eigenvalue weighted by molar-refractivity contribution is -0.122. The summed E-state index contributed by atoms with van der Waals surface area (Å²) in [6.45, 7) is 5.09. The Morgan fingerprint density at radius 3 is 3.10 bits per heavy atom. The number of nitrogens with zero attached hydrogens (tertiary/aromatic N) is 1. The maximum Gasteiger partial charge on any atom is 0.234 e. The van der Waals surface area contributed by atoms with Crippen LogP contribution in [0.25, 0.3) is 0 Å².